The lowest BCUT2D eigenvalue weighted by atomic mass is 10.2. The molecule has 10 heteroatoms. The van der Waals surface area contributed by atoms with Crippen LogP contribution in [0.25, 0.3) is 11.6 Å². The van der Waals surface area contributed by atoms with E-state index in [4.69, 9.17) is 4.42 Å². The van der Waals surface area contributed by atoms with Crippen molar-refractivity contribution < 1.29 is 17.6 Å². The summed E-state index contributed by atoms with van der Waals surface area (Å²) in [6, 6.07) is 7.17. The average Bonchev–Trinajstić information content (AvgIpc) is 3.15. The average molecular weight is 347 g/mol. The predicted molar refractivity (Wildman–Crippen MR) is 84.0 cm³/mol. The fourth-order valence-corrected chi connectivity index (χ4v) is 2.61. The molecule has 0 aliphatic heterocycles. The number of carbonyl (C=O) groups excluding carboxylic acids is 1. The van der Waals surface area contributed by atoms with Gasteiger partial charge in [0.05, 0.1) is 4.90 Å². The maximum Gasteiger partial charge on any atom is 0.322 e. The van der Waals surface area contributed by atoms with Gasteiger partial charge in [-0.3, -0.25) is 14.8 Å². The van der Waals surface area contributed by atoms with Gasteiger partial charge in [0.1, 0.15) is 5.69 Å². The molecule has 0 fully saturated rings. The summed E-state index contributed by atoms with van der Waals surface area (Å²) in [5, 5.41) is 14.0. The highest BCUT2D eigenvalue weighted by Crippen LogP contribution is 2.19. The molecule has 9 nitrogen and oxygen atoms in total. The van der Waals surface area contributed by atoms with Crippen molar-refractivity contribution in [3.8, 4) is 11.6 Å². The van der Waals surface area contributed by atoms with Gasteiger partial charge in [-0.1, -0.05) is 5.10 Å². The van der Waals surface area contributed by atoms with E-state index < -0.39 is 15.7 Å². The Labute approximate surface area is 137 Å². The van der Waals surface area contributed by atoms with Crippen LogP contribution in [0.3, 0.4) is 0 Å². The van der Waals surface area contributed by atoms with E-state index in [0.717, 1.165) is 6.26 Å². The van der Waals surface area contributed by atoms with Crippen molar-refractivity contribution in [3.63, 3.8) is 0 Å². The van der Waals surface area contributed by atoms with Crippen molar-refractivity contribution in [2.24, 2.45) is 7.05 Å². The molecule has 3 aromatic rings. The summed E-state index contributed by atoms with van der Waals surface area (Å²) in [6.45, 7) is 0. The van der Waals surface area contributed by atoms with Gasteiger partial charge in [0.15, 0.2) is 9.84 Å². The van der Waals surface area contributed by atoms with Gasteiger partial charge < -0.3 is 4.42 Å². The summed E-state index contributed by atoms with van der Waals surface area (Å²) in [5.74, 6) is -0.270. The number of aryl methyl sites for hydroxylation is 1. The van der Waals surface area contributed by atoms with Crippen LogP contribution in [0.5, 0.6) is 0 Å². The number of hydrogen-bond acceptors (Lipinski definition) is 7. The number of anilines is 1. The lowest BCUT2D eigenvalue weighted by Gasteiger charge is -2.02. The van der Waals surface area contributed by atoms with Crippen molar-refractivity contribution in [1.82, 2.24) is 20.0 Å². The first-order valence-electron chi connectivity index (χ1n) is 6.78. The molecule has 0 aliphatic carbocycles. The number of sulfone groups is 1. The minimum absolute atomic E-state index is 0.0663. The summed E-state index contributed by atoms with van der Waals surface area (Å²) in [6.07, 6.45) is 2.68. The molecule has 0 spiro atoms. The lowest BCUT2D eigenvalue weighted by molar-refractivity contribution is 0.102. The van der Waals surface area contributed by atoms with E-state index in [1.807, 2.05) is 0 Å². The molecular weight excluding hydrogens is 334 g/mol. The molecule has 0 saturated carbocycles. The van der Waals surface area contributed by atoms with Gasteiger partial charge in [0, 0.05) is 25.1 Å². The van der Waals surface area contributed by atoms with Crippen LogP contribution < -0.4 is 5.32 Å². The Kier molecular flexibility index (Phi) is 3.89. The standard InChI is InChI=1S/C14H13N5O4S/c1-19-11(7-8-15-19)13-17-18-14(23-13)16-12(20)9-3-5-10(6-4-9)24(2,21)22/h3-8H,1-2H3,(H,16,18,20). The zero-order chi connectivity index (χ0) is 17.3. The number of nitrogens with one attached hydrogen (secondary N) is 1. The van der Waals surface area contributed by atoms with Crippen molar-refractivity contribution in [3.05, 3.63) is 42.1 Å². The smallest absolute Gasteiger partial charge is 0.322 e. The third kappa shape index (κ3) is 3.18. The van der Waals surface area contributed by atoms with Gasteiger partial charge in [0.2, 0.25) is 0 Å². The summed E-state index contributed by atoms with van der Waals surface area (Å²) >= 11 is 0. The van der Waals surface area contributed by atoms with Crippen LogP contribution in [-0.2, 0) is 16.9 Å². The molecule has 1 N–H and O–H groups in total. The second kappa shape index (κ2) is 5.89. The maximum atomic E-state index is 12.1. The van der Waals surface area contributed by atoms with Crippen molar-refractivity contribution in [1.29, 1.82) is 0 Å². The molecule has 0 aliphatic rings. The molecular formula is C14H13N5O4S. The summed E-state index contributed by atoms with van der Waals surface area (Å²) < 4.78 is 29.7. The topological polar surface area (TPSA) is 120 Å². The molecule has 2 aromatic heterocycles. The van der Waals surface area contributed by atoms with Gasteiger partial charge in [-0.15, -0.1) is 5.10 Å². The zero-order valence-corrected chi connectivity index (χ0v) is 13.6. The van der Waals surface area contributed by atoms with Crippen LogP contribution in [0, 0.1) is 0 Å². The lowest BCUT2D eigenvalue weighted by Crippen LogP contribution is -2.12. The molecule has 124 valence electrons. The summed E-state index contributed by atoms with van der Waals surface area (Å²) in [5.41, 5.74) is 0.878. The highest BCUT2D eigenvalue weighted by atomic mass is 32.2. The molecule has 0 bridgehead atoms. The first-order chi connectivity index (χ1) is 11.3. The van der Waals surface area contributed by atoms with E-state index in [2.05, 4.69) is 20.6 Å². The first-order valence-corrected chi connectivity index (χ1v) is 8.67. The number of carbonyl (C=O) groups is 1. The molecule has 24 heavy (non-hydrogen) atoms. The van der Waals surface area contributed by atoms with Gasteiger partial charge in [0.25, 0.3) is 11.8 Å². The molecule has 1 amide bonds. The zero-order valence-electron chi connectivity index (χ0n) is 12.8. The minimum Gasteiger partial charge on any atom is -0.401 e. The third-order valence-corrected chi connectivity index (χ3v) is 4.36. The third-order valence-electron chi connectivity index (χ3n) is 3.23. The minimum atomic E-state index is -3.31. The van der Waals surface area contributed by atoms with Crippen LogP contribution in [0.2, 0.25) is 0 Å². The molecule has 2 heterocycles. The second-order valence-electron chi connectivity index (χ2n) is 5.00. The van der Waals surface area contributed by atoms with E-state index in [1.165, 1.54) is 24.3 Å². The van der Waals surface area contributed by atoms with Gasteiger partial charge in [-0.25, -0.2) is 8.42 Å². The van der Waals surface area contributed by atoms with Crippen LogP contribution in [0.1, 0.15) is 10.4 Å². The predicted octanol–water partition coefficient (Wildman–Crippen LogP) is 1.13. The van der Waals surface area contributed by atoms with Gasteiger partial charge in [-0.2, -0.15) is 5.10 Å². The normalized spacial score (nSPS) is 11.4. The number of rotatable bonds is 4. The number of amides is 1. The Balaban J connectivity index is 1.76. The Morgan fingerprint density at radius 3 is 2.46 bits per heavy atom. The number of benzene rings is 1. The molecule has 0 unspecified atom stereocenters. The molecule has 0 atom stereocenters. The Morgan fingerprint density at radius 2 is 1.88 bits per heavy atom. The quantitative estimate of drug-likeness (QED) is 0.751. The van der Waals surface area contributed by atoms with E-state index >= 15 is 0 Å². The van der Waals surface area contributed by atoms with Crippen molar-refractivity contribution in [2.45, 2.75) is 4.90 Å². The number of hydrogen-bond donors (Lipinski definition) is 1. The highest BCUT2D eigenvalue weighted by molar-refractivity contribution is 7.90. The van der Waals surface area contributed by atoms with E-state index in [9.17, 15) is 13.2 Å². The largest absolute Gasteiger partial charge is 0.401 e. The first kappa shape index (κ1) is 15.9. The summed E-state index contributed by atoms with van der Waals surface area (Å²) in [7, 11) is -1.59. The van der Waals surface area contributed by atoms with E-state index in [-0.39, 0.29) is 22.4 Å². The van der Waals surface area contributed by atoms with Crippen molar-refractivity contribution >= 4 is 21.8 Å². The molecule has 1 aromatic carbocycles. The van der Waals surface area contributed by atoms with Crippen LogP contribution in [0.4, 0.5) is 6.01 Å². The Bertz CT molecular complexity index is 988. The van der Waals surface area contributed by atoms with Crippen LogP contribution in [0.15, 0.2) is 45.8 Å². The van der Waals surface area contributed by atoms with E-state index in [1.54, 1.807) is 24.0 Å². The molecule has 0 saturated heterocycles. The fraction of sp³-hybridized carbons (Fsp3) is 0.143. The monoisotopic (exact) mass is 347 g/mol. The highest BCUT2D eigenvalue weighted by Gasteiger charge is 2.15. The fourth-order valence-electron chi connectivity index (χ4n) is 1.98. The summed E-state index contributed by atoms with van der Waals surface area (Å²) in [4.78, 5) is 12.3. The number of aromatic nitrogens is 4. The maximum absolute atomic E-state index is 12.1. The molecule has 0 radical (unpaired) electrons. The SMILES string of the molecule is Cn1nccc1-c1nnc(NC(=O)c2ccc(S(C)(=O)=O)cc2)o1. The number of nitrogens with zero attached hydrogens (tertiary/aromatic N) is 4. The Hall–Kier alpha value is -3.01. The molecule has 3 rings (SSSR count). The van der Waals surface area contributed by atoms with Gasteiger partial charge in [-0.05, 0) is 30.3 Å². The van der Waals surface area contributed by atoms with E-state index in [0.29, 0.717) is 5.69 Å². The van der Waals surface area contributed by atoms with Crippen LogP contribution >= 0.6 is 0 Å². The Morgan fingerprint density at radius 1 is 1.17 bits per heavy atom. The van der Waals surface area contributed by atoms with Crippen LogP contribution in [-0.4, -0.2) is 40.6 Å². The van der Waals surface area contributed by atoms with Crippen molar-refractivity contribution in [2.75, 3.05) is 11.6 Å². The second-order valence-corrected chi connectivity index (χ2v) is 7.02. The van der Waals surface area contributed by atoms with Gasteiger partial charge >= 0.3 is 6.01 Å².